The lowest BCUT2D eigenvalue weighted by atomic mass is 10.1. The summed E-state index contributed by atoms with van der Waals surface area (Å²) >= 11 is 1.59. The Labute approximate surface area is 88.3 Å². The summed E-state index contributed by atoms with van der Waals surface area (Å²) in [6.45, 7) is 0.153. The van der Waals surface area contributed by atoms with E-state index in [1.807, 2.05) is 0 Å². The minimum Gasteiger partial charge on any atom is -0.396 e. The van der Waals surface area contributed by atoms with Crippen molar-refractivity contribution in [2.24, 2.45) is 0 Å². The number of rotatable bonds is 5. The van der Waals surface area contributed by atoms with Crippen LogP contribution < -0.4 is 0 Å². The molecular weight excluding hydrogens is 204 g/mol. The largest absolute Gasteiger partial charge is 0.396 e. The van der Waals surface area contributed by atoms with E-state index in [-0.39, 0.29) is 30.9 Å². The molecule has 4 nitrogen and oxygen atoms in total. The molecule has 0 bridgehead atoms. The van der Waals surface area contributed by atoms with Crippen LogP contribution in [0.15, 0.2) is 0 Å². The van der Waals surface area contributed by atoms with Gasteiger partial charge in [-0.2, -0.15) is 0 Å². The first kappa shape index (κ1) is 12.3. The third-order valence-corrected chi connectivity index (χ3v) is 3.35. The Morgan fingerprint density at radius 2 is 2.07 bits per heavy atom. The summed E-state index contributed by atoms with van der Waals surface area (Å²) in [4.78, 5) is 0. The highest BCUT2D eigenvalue weighted by Gasteiger charge is 2.27. The Hall–Kier alpha value is 0.190. The lowest BCUT2D eigenvalue weighted by molar-refractivity contribution is -0.0783. The van der Waals surface area contributed by atoms with E-state index < -0.39 is 0 Å². The summed E-state index contributed by atoms with van der Waals surface area (Å²) in [5.41, 5.74) is -0.0394. The molecule has 1 aliphatic heterocycles. The number of aliphatic hydroxyl groups excluding tert-OH is 3. The van der Waals surface area contributed by atoms with E-state index >= 15 is 0 Å². The molecule has 0 aliphatic carbocycles. The first-order valence-corrected chi connectivity index (χ1v) is 5.98. The molecule has 1 fully saturated rings. The van der Waals surface area contributed by atoms with Gasteiger partial charge in [-0.3, -0.25) is 0 Å². The van der Waals surface area contributed by atoms with E-state index in [0.29, 0.717) is 12.8 Å². The smallest absolute Gasteiger partial charge is 0.106 e. The van der Waals surface area contributed by atoms with Crippen LogP contribution in [-0.4, -0.2) is 51.9 Å². The van der Waals surface area contributed by atoms with Crippen LogP contribution in [0, 0.1) is 0 Å². The van der Waals surface area contributed by atoms with Crippen molar-refractivity contribution in [3.05, 3.63) is 0 Å². The fourth-order valence-corrected chi connectivity index (χ4v) is 2.60. The highest BCUT2D eigenvalue weighted by atomic mass is 32.2. The molecule has 3 N–H and O–H groups in total. The van der Waals surface area contributed by atoms with Crippen molar-refractivity contribution < 1.29 is 20.1 Å². The molecule has 1 rings (SSSR count). The van der Waals surface area contributed by atoms with Crippen molar-refractivity contribution in [2.75, 3.05) is 19.0 Å². The number of ether oxygens (including phenoxy) is 1. The van der Waals surface area contributed by atoms with Gasteiger partial charge in [0, 0.05) is 19.4 Å². The maximum atomic E-state index is 9.48. The number of aliphatic hydroxyl groups is 3. The van der Waals surface area contributed by atoms with Crippen molar-refractivity contribution >= 4 is 11.8 Å². The van der Waals surface area contributed by atoms with E-state index in [9.17, 15) is 5.11 Å². The molecule has 3 atom stereocenters. The molecule has 1 aliphatic rings. The van der Waals surface area contributed by atoms with E-state index in [1.54, 1.807) is 11.8 Å². The molecule has 0 radical (unpaired) electrons. The minimum atomic E-state index is -0.368. The molecule has 5 heteroatoms. The quantitative estimate of drug-likeness (QED) is 0.569. The minimum absolute atomic E-state index is 0.0336. The van der Waals surface area contributed by atoms with Crippen LogP contribution in [0.4, 0.5) is 0 Å². The zero-order valence-corrected chi connectivity index (χ0v) is 8.95. The maximum absolute atomic E-state index is 9.48. The first-order chi connectivity index (χ1) is 6.76. The maximum Gasteiger partial charge on any atom is 0.106 e. The number of hydrogen-bond donors (Lipinski definition) is 3. The molecule has 0 saturated carbocycles. The van der Waals surface area contributed by atoms with Gasteiger partial charge >= 0.3 is 0 Å². The average Bonchev–Trinajstić information content (AvgIpc) is 2.17. The van der Waals surface area contributed by atoms with Crippen LogP contribution in [0.2, 0.25) is 0 Å². The van der Waals surface area contributed by atoms with Gasteiger partial charge < -0.3 is 20.1 Å². The predicted molar refractivity (Wildman–Crippen MR) is 55.1 cm³/mol. The van der Waals surface area contributed by atoms with Crippen LogP contribution in [0.3, 0.4) is 0 Å². The van der Waals surface area contributed by atoms with Gasteiger partial charge in [-0.15, -0.1) is 11.8 Å². The fraction of sp³-hybridized carbons (Fsp3) is 1.00. The molecular formula is C9H18O4S. The number of hydrogen-bond acceptors (Lipinski definition) is 5. The van der Waals surface area contributed by atoms with Gasteiger partial charge in [-0.05, 0) is 12.2 Å². The molecule has 0 amide bonds. The molecule has 84 valence electrons. The molecule has 1 saturated heterocycles. The van der Waals surface area contributed by atoms with Crippen LogP contribution in [-0.2, 0) is 4.74 Å². The van der Waals surface area contributed by atoms with Crippen molar-refractivity contribution in [3.8, 4) is 0 Å². The third kappa shape index (κ3) is 4.14. The van der Waals surface area contributed by atoms with E-state index in [0.717, 1.165) is 12.2 Å². The lowest BCUT2D eigenvalue weighted by Crippen LogP contribution is -2.36. The summed E-state index contributed by atoms with van der Waals surface area (Å²) in [5.74, 6) is 0.825. The van der Waals surface area contributed by atoms with Crippen LogP contribution in [0.1, 0.15) is 19.3 Å². The Kier molecular flexibility index (Phi) is 5.81. The summed E-state index contributed by atoms with van der Waals surface area (Å²) in [6.07, 6.45) is 1.28. The van der Waals surface area contributed by atoms with Gasteiger partial charge in [0.05, 0.1) is 18.8 Å². The molecule has 3 unspecified atom stereocenters. The normalized spacial score (nSPS) is 33.2. The lowest BCUT2D eigenvalue weighted by Gasteiger charge is -2.31. The zero-order valence-electron chi connectivity index (χ0n) is 8.13. The second-order valence-corrected chi connectivity index (χ2v) is 4.71. The van der Waals surface area contributed by atoms with E-state index in [2.05, 4.69) is 0 Å². The van der Waals surface area contributed by atoms with Crippen molar-refractivity contribution in [1.82, 2.24) is 0 Å². The molecule has 0 aromatic carbocycles. The highest BCUT2D eigenvalue weighted by molar-refractivity contribution is 7.99. The van der Waals surface area contributed by atoms with Gasteiger partial charge in [0.2, 0.25) is 0 Å². The molecule has 0 aromatic rings. The SMILES string of the molecule is OCCCSC1CC(O)CC(CO)O1. The highest BCUT2D eigenvalue weighted by Crippen LogP contribution is 2.27. The van der Waals surface area contributed by atoms with E-state index in [4.69, 9.17) is 14.9 Å². The van der Waals surface area contributed by atoms with Gasteiger partial charge in [0.1, 0.15) is 5.44 Å². The predicted octanol–water partition coefficient (Wildman–Crippen LogP) is -0.0397. The van der Waals surface area contributed by atoms with Crippen LogP contribution in [0.25, 0.3) is 0 Å². The summed E-state index contributed by atoms with van der Waals surface area (Å²) < 4.78 is 5.52. The average molecular weight is 222 g/mol. The molecule has 0 aromatic heterocycles. The van der Waals surface area contributed by atoms with E-state index in [1.165, 1.54) is 0 Å². The van der Waals surface area contributed by atoms with Crippen molar-refractivity contribution in [2.45, 2.75) is 36.9 Å². The standard InChI is InChI=1S/C9H18O4S/c10-2-1-3-14-9-5-7(12)4-8(6-11)13-9/h7-12H,1-6H2. The Bertz CT molecular complexity index is 156. The molecule has 0 spiro atoms. The Morgan fingerprint density at radius 3 is 2.71 bits per heavy atom. The molecule has 1 heterocycles. The second kappa shape index (κ2) is 6.63. The Balaban J connectivity index is 2.23. The van der Waals surface area contributed by atoms with Crippen molar-refractivity contribution in [3.63, 3.8) is 0 Å². The van der Waals surface area contributed by atoms with Crippen LogP contribution >= 0.6 is 11.8 Å². The monoisotopic (exact) mass is 222 g/mol. The van der Waals surface area contributed by atoms with Gasteiger partial charge in [-0.25, -0.2) is 0 Å². The molecule has 14 heavy (non-hydrogen) atoms. The fourth-order valence-electron chi connectivity index (χ4n) is 1.45. The first-order valence-electron chi connectivity index (χ1n) is 4.93. The second-order valence-electron chi connectivity index (χ2n) is 3.44. The summed E-state index contributed by atoms with van der Waals surface area (Å²) in [6, 6.07) is 0. The zero-order chi connectivity index (χ0) is 10.4. The topological polar surface area (TPSA) is 69.9 Å². The van der Waals surface area contributed by atoms with Gasteiger partial charge in [0.15, 0.2) is 0 Å². The summed E-state index contributed by atoms with van der Waals surface area (Å²) in [5, 5.41) is 27.0. The summed E-state index contributed by atoms with van der Waals surface area (Å²) in [7, 11) is 0. The van der Waals surface area contributed by atoms with Crippen LogP contribution in [0.5, 0.6) is 0 Å². The van der Waals surface area contributed by atoms with Crippen molar-refractivity contribution in [1.29, 1.82) is 0 Å². The third-order valence-electron chi connectivity index (χ3n) is 2.15. The van der Waals surface area contributed by atoms with Gasteiger partial charge in [0.25, 0.3) is 0 Å². The van der Waals surface area contributed by atoms with Gasteiger partial charge in [-0.1, -0.05) is 0 Å². The Morgan fingerprint density at radius 1 is 1.29 bits per heavy atom. The number of thioether (sulfide) groups is 1.